The molecular formula is C17H17BrO2. The summed E-state index contributed by atoms with van der Waals surface area (Å²) >= 11 is 3.31. The summed E-state index contributed by atoms with van der Waals surface area (Å²) in [5.74, 6) is 1.20. The van der Waals surface area contributed by atoms with E-state index in [0.717, 1.165) is 17.6 Å². The number of rotatable bonds is 2. The summed E-state index contributed by atoms with van der Waals surface area (Å²) in [4.78, 5) is 12.0. The first kappa shape index (κ1) is 13.6. The minimum Gasteiger partial charge on any atom is -0.507 e. The van der Waals surface area contributed by atoms with E-state index in [2.05, 4.69) is 29.8 Å². The van der Waals surface area contributed by atoms with Crippen molar-refractivity contribution in [3.05, 3.63) is 46.0 Å². The monoisotopic (exact) mass is 332 g/mol. The normalized spacial score (nSPS) is 27.4. The highest BCUT2D eigenvalue weighted by atomic mass is 79.9. The lowest BCUT2D eigenvalue weighted by Gasteiger charge is -2.54. The summed E-state index contributed by atoms with van der Waals surface area (Å²) in [7, 11) is 0. The van der Waals surface area contributed by atoms with Crippen molar-refractivity contribution in [2.24, 2.45) is 17.3 Å². The first-order valence-corrected chi connectivity index (χ1v) is 7.61. The van der Waals surface area contributed by atoms with Crippen LogP contribution in [0.25, 0.3) is 6.08 Å². The third-order valence-corrected chi connectivity index (χ3v) is 5.40. The predicted octanol–water partition coefficient (Wildman–Crippen LogP) is 4.34. The van der Waals surface area contributed by atoms with Crippen LogP contribution in [-0.2, 0) is 4.79 Å². The lowest BCUT2D eigenvalue weighted by molar-refractivity contribution is -0.133. The molecule has 1 unspecified atom stereocenters. The van der Waals surface area contributed by atoms with Crippen LogP contribution in [-0.4, -0.2) is 10.9 Å². The van der Waals surface area contributed by atoms with E-state index in [-0.39, 0.29) is 22.9 Å². The zero-order valence-corrected chi connectivity index (χ0v) is 13.1. The second kappa shape index (κ2) is 4.59. The van der Waals surface area contributed by atoms with E-state index in [4.69, 9.17) is 0 Å². The molecule has 0 radical (unpaired) electrons. The highest BCUT2D eigenvalue weighted by Crippen LogP contribution is 2.58. The van der Waals surface area contributed by atoms with Crippen molar-refractivity contribution in [2.45, 2.75) is 20.3 Å². The molecule has 2 atom stereocenters. The Hall–Kier alpha value is -1.35. The number of halogens is 1. The summed E-state index contributed by atoms with van der Waals surface area (Å²) in [6.07, 6.45) is 6.83. The number of hydrogen-bond donors (Lipinski definition) is 1. The Kier molecular flexibility index (Phi) is 3.13. The Labute approximate surface area is 127 Å². The van der Waals surface area contributed by atoms with Gasteiger partial charge in [0.1, 0.15) is 5.75 Å². The van der Waals surface area contributed by atoms with E-state index in [1.807, 2.05) is 24.3 Å². The van der Waals surface area contributed by atoms with E-state index in [9.17, 15) is 9.90 Å². The molecule has 3 aliphatic rings. The molecule has 104 valence electrons. The zero-order chi connectivity index (χ0) is 14.5. The minimum absolute atomic E-state index is 0.0983. The van der Waals surface area contributed by atoms with Gasteiger partial charge in [-0.15, -0.1) is 0 Å². The second-order valence-electron chi connectivity index (χ2n) is 6.25. The van der Waals surface area contributed by atoms with E-state index < -0.39 is 0 Å². The van der Waals surface area contributed by atoms with Crippen LogP contribution in [0.3, 0.4) is 0 Å². The summed E-state index contributed by atoms with van der Waals surface area (Å²) < 4.78 is 0.678. The Morgan fingerprint density at radius 1 is 1.30 bits per heavy atom. The quantitative estimate of drug-likeness (QED) is 0.874. The average molecular weight is 333 g/mol. The fourth-order valence-electron chi connectivity index (χ4n) is 3.32. The summed E-state index contributed by atoms with van der Waals surface area (Å²) in [6, 6.07) is 5.38. The van der Waals surface area contributed by atoms with Crippen molar-refractivity contribution in [3.63, 3.8) is 0 Å². The number of carbonyl (C=O) groups excluding carboxylic acids is 1. The first-order chi connectivity index (χ1) is 9.39. The van der Waals surface area contributed by atoms with Gasteiger partial charge in [0.25, 0.3) is 0 Å². The molecule has 0 saturated heterocycles. The van der Waals surface area contributed by atoms with Crippen LogP contribution in [0.1, 0.15) is 25.8 Å². The average Bonchev–Trinajstić information content (AvgIpc) is 2.39. The molecule has 1 N–H and O–H groups in total. The molecule has 0 heterocycles. The number of phenolic OH excluding ortho intramolecular Hbond substituents is 1. The lowest BCUT2D eigenvalue weighted by atomic mass is 9.48. The van der Waals surface area contributed by atoms with Crippen LogP contribution in [0.4, 0.5) is 0 Å². The molecule has 1 fully saturated rings. The van der Waals surface area contributed by atoms with Gasteiger partial charge in [0.05, 0.1) is 4.47 Å². The number of benzene rings is 1. The molecule has 1 aromatic carbocycles. The molecular weight excluding hydrogens is 316 g/mol. The maximum atomic E-state index is 12.0. The molecule has 20 heavy (non-hydrogen) atoms. The van der Waals surface area contributed by atoms with Crippen LogP contribution >= 0.6 is 15.9 Å². The molecule has 4 rings (SSSR count). The zero-order valence-electron chi connectivity index (χ0n) is 11.6. The summed E-state index contributed by atoms with van der Waals surface area (Å²) in [6.45, 7) is 4.36. The van der Waals surface area contributed by atoms with Gasteiger partial charge < -0.3 is 5.11 Å². The number of allylic oxidation sites excluding steroid dienone is 3. The Morgan fingerprint density at radius 3 is 2.65 bits per heavy atom. The number of ketones is 1. The third-order valence-electron chi connectivity index (χ3n) is 4.76. The molecule has 0 aliphatic heterocycles. The molecule has 0 aromatic heterocycles. The third kappa shape index (κ3) is 2.05. The van der Waals surface area contributed by atoms with Crippen molar-refractivity contribution in [2.75, 3.05) is 0 Å². The molecule has 2 bridgehead atoms. The van der Waals surface area contributed by atoms with Gasteiger partial charge in [-0.2, -0.15) is 0 Å². The van der Waals surface area contributed by atoms with E-state index in [1.165, 1.54) is 0 Å². The van der Waals surface area contributed by atoms with Gasteiger partial charge in [-0.05, 0) is 63.0 Å². The molecule has 0 spiro atoms. The van der Waals surface area contributed by atoms with Crippen molar-refractivity contribution >= 4 is 27.8 Å². The van der Waals surface area contributed by atoms with Crippen LogP contribution < -0.4 is 0 Å². The largest absolute Gasteiger partial charge is 0.507 e. The van der Waals surface area contributed by atoms with Crippen LogP contribution in [0.2, 0.25) is 0 Å². The fourth-order valence-corrected chi connectivity index (χ4v) is 3.72. The molecule has 0 amide bonds. The maximum Gasteiger partial charge on any atom is 0.159 e. The molecule has 1 saturated carbocycles. The topological polar surface area (TPSA) is 37.3 Å². The Bertz CT molecular complexity index is 640. The predicted molar refractivity (Wildman–Crippen MR) is 83.3 cm³/mol. The van der Waals surface area contributed by atoms with Gasteiger partial charge in [-0.25, -0.2) is 0 Å². The standard InChI is InChI=1S/C17H17BrO2/c1-17(2)12-9-13(17)16(20)8-11(12)5-3-10-4-6-15(19)14(18)7-10/h3-8,12-13,19H,9H2,1-2H3/t12?,13-/m0/s1. The molecule has 2 nitrogen and oxygen atoms in total. The number of fused-ring (bicyclic) bond motifs is 1. The maximum absolute atomic E-state index is 12.0. The van der Waals surface area contributed by atoms with Crippen molar-refractivity contribution in [1.29, 1.82) is 0 Å². The number of hydrogen-bond acceptors (Lipinski definition) is 2. The van der Waals surface area contributed by atoms with Gasteiger partial charge in [0.2, 0.25) is 0 Å². The van der Waals surface area contributed by atoms with Gasteiger partial charge in [-0.3, -0.25) is 4.79 Å². The van der Waals surface area contributed by atoms with Crippen molar-refractivity contribution in [3.8, 4) is 5.75 Å². The van der Waals surface area contributed by atoms with Crippen LogP contribution in [0, 0.1) is 17.3 Å². The Morgan fingerprint density at radius 2 is 2.05 bits per heavy atom. The second-order valence-corrected chi connectivity index (χ2v) is 7.11. The minimum atomic E-state index is 0.0983. The lowest BCUT2D eigenvalue weighted by Crippen LogP contribution is -2.52. The number of carbonyl (C=O) groups is 1. The van der Waals surface area contributed by atoms with Crippen molar-refractivity contribution < 1.29 is 9.90 Å². The van der Waals surface area contributed by atoms with Gasteiger partial charge >= 0.3 is 0 Å². The fraction of sp³-hybridized carbons (Fsp3) is 0.353. The van der Waals surface area contributed by atoms with Gasteiger partial charge in [0, 0.05) is 5.92 Å². The first-order valence-electron chi connectivity index (χ1n) is 6.81. The molecule has 3 heteroatoms. The molecule has 3 aliphatic carbocycles. The highest BCUT2D eigenvalue weighted by Gasteiger charge is 2.54. The highest BCUT2D eigenvalue weighted by molar-refractivity contribution is 9.10. The summed E-state index contributed by atoms with van der Waals surface area (Å²) in [5, 5.41) is 9.49. The smallest absolute Gasteiger partial charge is 0.159 e. The van der Waals surface area contributed by atoms with E-state index in [0.29, 0.717) is 10.4 Å². The van der Waals surface area contributed by atoms with Crippen LogP contribution in [0.15, 0.2) is 40.4 Å². The molecule has 1 aromatic rings. The van der Waals surface area contributed by atoms with E-state index in [1.54, 1.807) is 12.1 Å². The van der Waals surface area contributed by atoms with Crippen LogP contribution in [0.5, 0.6) is 5.75 Å². The van der Waals surface area contributed by atoms with Gasteiger partial charge in [0.15, 0.2) is 5.78 Å². The summed E-state index contributed by atoms with van der Waals surface area (Å²) in [5.41, 5.74) is 2.23. The Balaban J connectivity index is 1.86. The SMILES string of the molecule is CC1(C)C2C[C@H]1C(=O)C=C2C=Cc1ccc(O)c(Br)c1. The number of phenols is 1. The number of aromatic hydroxyl groups is 1. The van der Waals surface area contributed by atoms with Gasteiger partial charge in [-0.1, -0.05) is 32.1 Å². The van der Waals surface area contributed by atoms with E-state index >= 15 is 0 Å². The van der Waals surface area contributed by atoms with Crippen molar-refractivity contribution in [1.82, 2.24) is 0 Å².